The average molecular weight is 332 g/mol. The molecular formula is C18H18F2N2O2. The van der Waals surface area contributed by atoms with Crippen molar-refractivity contribution in [1.82, 2.24) is 5.32 Å². The van der Waals surface area contributed by atoms with E-state index in [-0.39, 0.29) is 30.5 Å². The van der Waals surface area contributed by atoms with Crippen LogP contribution in [-0.4, -0.2) is 18.4 Å². The largest absolute Gasteiger partial charge is 0.369 e. The zero-order valence-electron chi connectivity index (χ0n) is 13.0. The van der Waals surface area contributed by atoms with Gasteiger partial charge in [-0.25, -0.2) is 8.78 Å². The number of nitrogens with one attached hydrogen (secondary N) is 1. The summed E-state index contributed by atoms with van der Waals surface area (Å²) < 4.78 is 25.7. The van der Waals surface area contributed by atoms with Gasteiger partial charge in [-0.15, -0.1) is 0 Å². The van der Waals surface area contributed by atoms with Crippen molar-refractivity contribution in [2.24, 2.45) is 11.7 Å². The molecule has 3 N–H and O–H groups in total. The third kappa shape index (κ3) is 5.46. The molecule has 0 aliphatic carbocycles. The lowest BCUT2D eigenvalue weighted by Gasteiger charge is -2.14. The molecule has 2 aromatic carbocycles. The summed E-state index contributed by atoms with van der Waals surface area (Å²) in [5.41, 5.74) is 6.79. The van der Waals surface area contributed by atoms with Gasteiger partial charge in [-0.05, 0) is 41.8 Å². The van der Waals surface area contributed by atoms with Gasteiger partial charge in [-0.1, -0.05) is 24.3 Å². The van der Waals surface area contributed by atoms with Crippen molar-refractivity contribution in [3.63, 3.8) is 0 Å². The summed E-state index contributed by atoms with van der Waals surface area (Å²) in [6.45, 7) is 0.0900. The summed E-state index contributed by atoms with van der Waals surface area (Å²) in [5, 5.41) is 2.65. The summed E-state index contributed by atoms with van der Waals surface area (Å²) in [7, 11) is 0. The first-order valence-electron chi connectivity index (χ1n) is 7.49. The highest BCUT2D eigenvalue weighted by atomic mass is 19.1. The van der Waals surface area contributed by atoms with Gasteiger partial charge in [0, 0.05) is 6.54 Å². The number of hydrogen-bond donors (Lipinski definition) is 2. The molecule has 0 aromatic heterocycles. The van der Waals surface area contributed by atoms with Crippen molar-refractivity contribution in [3.05, 3.63) is 71.3 Å². The van der Waals surface area contributed by atoms with E-state index in [0.29, 0.717) is 12.0 Å². The maximum Gasteiger partial charge on any atom is 0.224 e. The van der Waals surface area contributed by atoms with Crippen LogP contribution in [0.4, 0.5) is 8.78 Å². The monoisotopic (exact) mass is 332 g/mol. The summed E-state index contributed by atoms with van der Waals surface area (Å²) in [4.78, 5) is 23.4. The van der Waals surface area contributed by atoms with E-state index < -0.39 is 11.8 Å². The van der Waals surface area contributed by atoms with Gasteiger partial charge in [0.15, 0.2) is 0 Å². The van der Waals surface area contributed by atoms with Crippen molar-refractivity contribution in [2.75, 3.05) is 6.54 Å². The first-order valence-corrected chi connectivity index (χ1v) is 7.49. The normalized spacial score (nSPS) is 11.8. The number of halogens is 2. The van der Waals surface area contributed by atoms with E-state index in [1.807, 2.05) is 0 Å². The van der Waals surface area contributed by atoms with Crippen LogP contribution in [0.5, 0.6) is 0 Å². The highest BCUT2D eigenvalue weighted by Crippen LogP contribution is 2.10. The van der Waals surface area contributed by atoms with Gasteiger partial charge in [0.1, 0.15) is 11.6 Å². The first kappa shape index (κ1) is 17.6. The summed E-state index contributed by atoms with van der Waals surface area (Å²) >= 11 is 0. The molecule has 0 radical (unpaired) electrons. The molecule has 2 amide bonds. The van der Waals surface area contributed by atoms with Gasteiger partial charge in [-0.2, -0.15) is 0 Å². The lowest BCUT2D eigenvalue weighted by Crippen LogP contribution is -2.37. The Morgan fingerprint density at radius 3 is 1.92 bits per heavy atom. The summed E-state index contributed by atoms with van der Waals surface area (Å²) in [6, 6.07) is 11.4. The molecule has 4 nitrogen and oxygen atoms in total. The Morgan fingerprint density at radius 2 is 1.42 bits per heavy atom. The van der Waals surface area contributed by atoms with E-state index >= 15 is 0 Å². The predicted octanol–water partition coefficient (Wildman–Crippen LogP) is 1.97. The number of carbonyl (C=O) groups excluding carboxylic acids is 2. The highest BCUT2D eigenvalue weighted by Gasteiger charge is 2.17. The zero-order valence-corrected chi connectivity index (χ0v) is 13.0. The number of primary amides is 1. The van der Waals surface area contributed by atoms with Crippen molar-refractivity contribution in [3.8, 4) is 0 Å². The Labute approximate surface area is 138 Å². The molecule has 0 bridgehead atoms. The van der Waals surface area contributed by atoms with Gasteiger partial charge >= 0.3 is 0 Å². The van der Waals surface area contributed by atoms with Gasteiger partial charge in [0.05, 0.1) is 12.3 Å². The van der Waals surface area contributed by atoms with E-state index in [1.165, 1.54) is 36.4 Å². The molecule has 0 aliphatic heterocycles. The topological polar surface area (TPSA) is 72.2 Å². The minimum atomic E-state index is -0.590. The van der Waals surface area contributed by atoms with Crippen LogP contribution >= 0.6 is 0 Å². The molecule has 0 heterocycles. The third-order valence-corrected chi connectivity index (χ3v) is 3.62. The Bertz CT molecular complexity index is 700. The van der Waals surface area contributed by atoms with Gasteiger partial charge in [0.2, 0.25) is 11.8 Å². The maximum atomic E-state index is 12.9. The lowest BCUT2D eigenvalue weighted by molar-refractivity contribution is -0.123. The number of hydrogen-bond acceptors (Lipinski definition) is 2. The Morgan fingerprint density at radius 1 is 0.917 bits per heavy atom. The average Bonchev–Trinajstić information content (AvgIpc) is 2.55. The molecular weight excluding hydrogens is 314 g/mol. The fourth-order valence-corrected chi connectivity index (χ4v) is 2.27. The molecule has 0 aliphatic rings. The SMILES string of the molecule is NC(=O)[C@@H](CNC(=O)Cc1ccc(F)cc1)Cc1ccc(F)cc1. The van der Waals surface area contributed by atoms with Gasteiger partial charge < -0.3 is 11.1 Å². The van der Waals surface area contributed by atoms with Crippen LogP contribution in [-0.2, 0) is 22.4 Å². The zero-order chi connectivity index (χ0) is 17.5. The van der Waals surface area contributed by atoms with Crippen molar-refractivity contribution in [1.29, 1.82) is 0 Å². The Kier molecular flexibility index (Phi) is 6.01. The second kappa shape index (κ2) is 8.19. The summed E-state index contributed by atoms with van der Waals surface area (Å²) in [5.74, 6) is -2.14. The Hall–Kier alpha value is -2.76. The molecule has 0 saturated carbocycles. The second-order valence-electron chi connectivity index (χ2n) is 5.54. The van der Waals surface area contributed by atoms with Crippen LogP contribution in [0.25, 0.3) is 0 Å². The smallest absolute Gasteiger partial charge is 0.224 e. The molecule has 0 fully saturated rings. The van der Waals surface area contributed by atoms with E-state index in [1.54, 1.807) is 12.1 Å². The van der Waals surface area contributed by atoms with E-state index in [4.69, 9.17) is 5.73 Å². The minimum Gasteiger partial charge on any atom is -0.369 e. The van der Waals surface area contributed by atoms with E-state index in [0.717, 1.165) is 5.56 Å². The maximum absolute atomic E-state index is 12.9. The van der Waals surface area contributed by atoms with Crippen LogP contribution in [0.15, 0.2) is 48.5 Å². The minimum absolute atomic E-state index is 0.0856. The van der Waals surface area contributed by atoms with E-state index in [9.17, 15) is 18.4 Å². The number of nitrogens with two attached hydrogens (primary N) is 1. The third-order valence-electron chi connectivity index (χ3n) is 3.62. The molecule has 6 heteroatoms. The first-order chi connectivity index (χ1) is 11.4. The van der Waals surface area contributed by atoms with Crippen molar-refractivity contribution < 1.29 is 18.4 Å². The number of benzene rings is 2. The number of rotatable bonds is 7. The van der Waals surface area contributed by atoms with Crippen LogP contribution < -0.4 is 11.1 Å². The van der Waals surface area contributed by atoms with Crippen LogP contribution in [0.3, 0.4) is 0 Å². The second-order valence-corrected chi connectivity index (χ2v) is 5.54. The molecule has 24 heavy (non-hydrogen) atoms. The molecule has 0 saturated heterocycles. The molecule has 2 rings (SSSR count). The van der Waals surface area contributed by atoms with Gasteiger partial charge in [0.25, 0.3) is 0 Å². The van der Waals surface area contributed by atoms with Gasteiger partial charge in [-0.3, -0.25) is 9.59 Å². The molecule has 126 valence electrons. The Balaban J connectivity index is 1.88. The van der Waals surface area contributed by atoms with Crippen molar-refractivity contribution in [2.45, 2.75) is 12.8 Å². The molecule has 1 atom stereocenters. The lowest BCUT2D eigenvalue weighted by atomic mass is 9.98. The number of amides is 2. The van der Waals surface area contributed by atoms with Crippen LogP contribution in [0.2, 0.25) is 0 Å². The van der Waals surface area contributed by atoms with Crippen LogP contribution in [0, 0.1) is 17.6 Å². The standard InChI is InChI=1S/C18H18F2N2O2/c19-15-5-1-12(2-6-15)9-14(18(21)24)11-22-17(23)10-13-3-7-16(20)8-4-13/h1-8,14H,9-11H2,(H2,21,24)(H,22,23)/t14-/m1/s1. The fourth-order valence-electron chi connectivity index (χ4n) is 2.27. The molecule has 2 aromatic rings. The predicted molar refractivity (Wildman–Crippen MR) is 85.9 cm³/mol. The van der Waals surface area contributed by atoms with E-state index in [2.05, 4.69) is 5.32 Å². The number of carbonyl (C=O) groups is 2. The van der Waals surface area contributed by atoms with Crippen molar-refractivity contribution >= 4 is 11.8 Å². The molecule has 0 unspecified atom stereocenters. The quantitative estimate of drug-likeness (QED) is 0.814. The van der Waals surface area contributed by atoms with Crippen LogP contribution in [0.1, 0.15) is 11.1 Å². The highest BCUT2D eigenvalue weighted by molar-refractivity contribution is 5.81. The fraction of sp³-hybridized carbons (Fsp3) is 0.222. The summed E-state index contributed by atoms with van der Waals surface area (Å²) in [6.07, 6.45) is 0.398. The molecule has 0 spiro atoms.